The van der Waals surface area contributed by atoms with E-state index in [4.69, 9.17) is 5.73 Å². The van der Waals surface area contributed by atoms with Gasteiger partial charge in [-0.3, -0.25) is 0 Å². The lowest BCUT2D eigenvalue weighted by Crippen LogP contribution is -2.00. The lowest BCUT2D eigenvalue weighted by Gasteiger charge is -2.11. The van der Waals surface area contributed by atoms with Gasteiger partial charge in [0, 0.05) is 11.3 Å². The molecule has 0 radical (unpaired) electrons. The molecule has 90 valence electrons. The molecular weight excluding hydrogens is 222 g/mol. The van der Waals surface area contributed by atoms with Gasteiger partial charge in [0.05, 0.1) is 0 Å². The Labute approximate surface area is 107 Å². The number of pyridine rings is 1. The maximum absolute atomic E-state index is 9.23. The first-order chi connectivity index (χ1) is 8.52. The lowest BCUT2D eigenvalue weighted by molar-refractivity contribution is 1.20. The molecule has 1 aromatic heterocycles. The molecule has 2 aromatic rings. The average molecular weight is 237 g/mol. The van der Waals surface area contributed by atoms with Crippen LogP contribution in [0.25, 0.3) is 11.1 Å². The molecule has 2 rings (SSSR count). The summed E-state index contributed by atoms with van der Waals surface area (Å²) in [5.74, 6) is 0.299. The zero-order valence-electron chi connectivity index (χ0n) is 10.8. The van der Waals surface area contributed by atoms with Gasteiger partial charge in [0.2, 0.25) is 0 Å². The fourth-order valence-corrected chi connectivity index (χ4v) is 2.14. The van der Waals surface area contributed by atoms with Crippen LogP contribution in [0.5, 0.6) is 0 Å². The van der Waals surface area contributed by atoms with Crippen molar-refractivity contribution in [2.45, 2.75) is 20.8 Å². The maximum Gasteiger partial charge on any atom is 0.142 e. The van der Waals surface area contributed by atoms with Crippen molar-refractivity contribution in [2.24, 2.45) is 0 Å². The number of nitrogens with zero attached hydrogens (tertiary/aromatic N) is 2. The summed E-state index contributed by atoms with van der Waals surface area (Å²) in [5, 5.41) is 9.23. The van der Waals surface area contributed by atoms with E-state index in [1.54, 1.807) is 0 Å². The molecule has 0 saturated heterocycles. The third-order valence-corrected chi connectivity index (χ3v) is 2.96. The number of anilines is 1. The lowest BCUT2D eigenvalue weighted by atomic mass is 9.95. The highest BCUT2D eigenvalue weighted by atomic mass is 14.8. The third-order valence-electron chi connectivity index (χ3n) is 2.96. The van der Waals surface area contributed by atoms with E-state index in [2.05, 4.69) is 17.1 Å². The Morgan fingerprint density at radius 1 is 1.11 bits per heavy atom. The Bertz CT molecular complexity index is 652. The monoisotopic (exact) mass is 237 g/mol. The van der Waals surface area contributed by atoms with Gasteiger partial charge in [0.1, 0.15) is 17.5 Å². The van der Waals surface area contributed by atoms with Crippen molar-refractivity contribution < 1.29 is 0 Å². The molecule has 0 aliphatic rings. The number of nitrogens with two attached hydrogens (primary N) is 1. The van der Waals surface area contributed by atoms with Gasteiger partial charge in [-0.05, 0) is 38.0 Å². The second-order valence-electron chi connectivity index (χ2n) is 4.50. The number of aryl methyl sites for hydroxylation is 3. The summed E-state index contributed by atoms with van der Waals surface area (Å²) in [4.78, 5) is 4.13. The number of rotatable bonds is 1. The Hall–Kier alpha value is -2.34. The highest BCUT2D eigenvalue weighted by Crippen LogP contribution is 2.30. The molecule has 1 aromatic carbocycles. The number of aromatic nitrogens is 1. The van der Waals surface area contributed by atoms with Gasteiger partial charge in [-0.2, -0.15) is 5.26 Å². The summed E-state index contributed by atoms with van der Waals surface area (Å²) in [6.07, 6.45) is 0. The van der Waals surface area contributed by atoms with Crippen LogP contribution in [-0.2, 0) is 0 Å². The maximum atomic E-state index is 9.23. The summed E-state index contributed by atoms with van der Waals surface area (Å²) in [6, 6.07) is 10.2. The van der Waals surface area contributed by atoms with Gasteiger partial charge in [0.25, 0.3) is 0 Å². The van der Waals surface area contributed by atoms with Crippen LogP contribution in [0.4, 0.5) is 5.82 Å². The summed E-state index contributed by atoms with van der Waals surface area (Å²) in [6.45, 7) is 5.97. The van der Waals surface area contributed by atoms with Gasteiger partial charge in [-0.15, -0.1) is 0 Å². The van der Waals surface area contributed by atoms with Crippen molar-refractivity contribution in [1.82, 2.24) is 4.98 Å². The molecule has 18 heavy (non-hydrogen) atoms. The zero-order chi connectivity index (χ0) is 13.3. The van der Waals surface area contributed by atoms with Crippen LogP contribution < -0.4 is 5.73 Å². The standard InChI is InChI=1S/C15H15N3/c1-9-4-5-12(10(2)6-9)13-7-11(3)18-15(17)14(13)8-16/h4-7H,1-3H3,(H2,17,18). The third kappa shape index (κ3) is 2.05. The highest BCUT2D eigenvalue weighted by molar-refractivity contribution is 5.77. The van der Waals surface area contributed by atoms with Crippen LogP contribution in [0.3, 0.4) is 0 Å². The normalized spacial score (nSPS) is 10.1. The van der Waals surface area contributed by atoms with Crippen molar-refractivity contribution in [3.63, 3.8) is 0 Å². The Morgan fingerprint density at radius 2 is 1.83 bits per heavy atom. The van der Waals surface area contributed by atoms with E-state index < -0.39 is 0 Å². The molecule has 0 spiro atoms. The first-order valence-electron chi connectivity index (χ1n) is 5.77. The van der Waals surface area contributed by atoms with Crippen LogP contribution in [0.1, 0.15) is 22.4 Å². The molecular formula is C15H15N3. The van der Waals surface area contributed by atoms with Crippen molar-refractivity contribution >= 4 is 5.82 Å². The van der Waals surface area contributed by atoms with Crippen LogP contribution in [0, 0.1) is 32.1 Å². The second-order valence-corrected chi connectivity index (χ2v) is 4.50. The van der Waals surface area contributed by atoms with Gasteiger partial charge in [-0.25, -0.2) is 4.98 Å². The first-order valence-corrected chi connectivity index (χ1v) is 5.77. The Kier molecular flexibility index (Phi) is 3.03. The van der Waals surface area contributed by atoms with Crippen LogP contribution in [-0.4, -0.2) is 4.98 Å². The van der Waals surface area contributed by atoms with Gasteiger partial charge in [-0.1, -0.05) is 23.8 Å². The first kappa shape index (κ1) is 12.1. The SMILES string of the molecule is Cc1ccc(-c2cc(C)nc(N)c2C#N)c(C)c1. The van der Waals surface area contributed by atoms with Gasteiger partial charge < -0.3 is 5.73 Å². The quantitative estimate of drug-likeness (QED) is 0.828. The van der Waals surface area contributed by atoms with E-state index in [1.807, 2.05) is 39.0 Å². The summed E-state index contributed by atoms with van der Waals surface area (Å²) in [5.41, 5.74) is 11.3. The molecule has 0 atom stereocenters. The Balaban J connectivity index is 2.75. The predicted octanol–water partition coefficient (Wildman–Crippen LogP) is 3.13. The minimum absolute atomic E-state index is 0.299. The number of hydrogen-bond acceptors (Lipinski definition) is 3. The fourth-order valence-electron chi connectivity index (χ4n) is 2.14. The van der Waals surface area contributed by atoms with Crippen LogP contribution >= 0.6 is 0 Å². The van der Waals surface area contributed by atoms with E-state index in [0.717, 1.165) is 22.4 Å². The molecule has 0 bridgehead atoms. The van der Waals surface area contributed by atoms with E-state index >= 15 is 0 Å². The number of hydrogen-bond donors (Lipinski definition) is 1. The van der Waals surface area contributed by atoms with Crippen LogP contribution in [0.2, 0.25) is 0 Å². The zero-order valence-corrected chi connectivity index (χ0v) is 10.8. The fraction of sp³-hybridized carbons (Fsp3) is 0.200. The predicted molar refractivity (Wildman–Crippen MR) is 73.0 cm³/mol. The molecule has 0 aliphatic carbocycles. The van der Waals surface area contributed by atoms with E-state index in [-0.39, 0.29) is 0 Å². The number of nitrogen functional groups attached to an aromatic ring is 1. The molecule has 0 unspecified atom stereocenters. The van der Waals surface area contributed by atoms with Gasteiger partial charge in [0.15, 0.2) is 0 Å². The minimum atomic E-state index is 0.299. The molecule has 2 N–H and O–H groups in total. The molecule has 0 saturated carbocycles. The summed E-state index contributed by atoms with van der Waals surface area (Å²) < 4.78 is 0. The van der Waals surface area contributed by atoms with E-state index in [1.165, 1.54) is 5.56 Å². The van der Waals surface area contributed by atoms with Crippen molar-refractivity contribution in [3.8, 4) is 17.2 Å². The molecule has 0 fully saturated rings. The highest BCUT2D eigenvalue weighted by Gasteiger charge is 2.12. The van der Waals surface area contributed by atoms with Gasteiger partial charge >= 0.3 is 0 Å². The van der Waals surface area contributed by atoms with E-state index in [0.29, 0.717) is 11.4 Å². The number of nitriles is 1. The smallest absolute Gasteiger partial charge is 0.142 e. The topological polar surface area (TPSA) is 62.7 Å². The van der Waals surface area contributed by atoms with Crippen molar-refractivity contribution in [2.75, 3.05) is 5.73 Å². The Morgan fingerprint density at radius 3 is 2.44 bits per heavy atom. The molecule has 1 heterocycles. The minimum Gasteiger partial charge on any atom is -0.383 e. The van der Waals surface area contributed by atoms with Crippen molar-refractivity contribution in [1.29, 1.82) is 5.26 Å². The average Bonchev–Trinajstić information content (AvgIpc) is 2.28. The molecule has 3 nitrogen and oxygen atoms in total. The number of benzene rings is 1. The largest absolute Gasteiger partial charge is 0.383 e. The summed E-state index contributed by atoms with van der Waals surface area (Å²) in [7, 11) is 0. The summed E-state index contributed by atoms with van der Waals surface area (Å²) >= 11 is 0. The van der Waals surface area contributed by atoms with Crippen LogP contribution in [0.15, 0.2) is 24.3 Å². The van der Waals surface area contributed by atoms with Crippen molar-refractivity contribution in [3.05, 3.63) is 46.6 Å². The second kappa shape index (κ2) is 4.50. The molecule has 0 amide bonds. The van der Waals surface area contributed by atoms with E-state index in [9.17, 15) is 5.26 Å². The molecule has 0 aliphatic heterocycles. The molecule has 3 heteroatoms.